The molecule has 0 nitrogen and oxygen atoms in total. The predicted octanol–water partition coefficient (Wildman–Crippen LogP) is 9.08. The van der Waals surface area contributed by atoms with Crippen molar-refractivity contribution in [3.05, 3.63) is 0 Å². The van der Waals surface area contributed by atoms with Crippen molar-refractivity contribution in [1.29, 1.82) is 0 Å². The molecule has 0 amide bonds. The van der Waals surface area contributed by atoms with Gasteiger partial charge >= 0.3 is 0 Å². The van der Waals surface area contributed by atoms with E-state index in [9.17, 15) is 0 Å². The molecule has 0 heterocycles. The lowest BCUT2D eigenvalue weighted by Gasteiger charge is -2.03. The second-order valence-electron chi connectivity index (χ2n) is 6.68. The van der Waals surface area contributed by atoms with Gasteiger partial charge in [-0.1, -0.05) is 104 Å². The largest absolute Gasteiger partial charge is 0.0654 e. The molecule has 0 atom stereocenters. The van der Waals surface area contributed by atoms with Crippen LogP contribution >= 0.6 is 16.5 Å². The Hall–Kier alpha value is 0.860. The highest BCUT2D eigenvalue weighted by molar-refractivity contribution is 8.11. The number of rotatable bonds is 19. The average molecular weight is 345 g/mol. The number of unbranched alkanes of at least 4 members (excludes halogenated alkanes) is 14. The zero-order valence-corrected chi connectivity index (χ0v) is 17.4. The molecular weight excluding hydrogens is 302 g/mol. The van der Waals surface area contributed by atoms with Crippen LogP contribution in [0.2, 0.25) is 0 Å². The first-order valence-electron chi connectivity index (χ1n) is 10.2. The summed E-state index contributed by atoms with van der Waals surface area (Å²) in [5, 5.41) is 0. The summed E-state index contributed by atoms with van der Waals surface area (Å²) >= 11 is 0. The summed E-state index contributed by atoms with van der Waals surface area (Å²) in [6, 6.07) is 0. The molecule has 0 aliphatic rings. The standard InChI is InChI=1S/C20H42P2/c1-3-5-7-9-11-13-15-17-19-21-22-20-18-16-14-12-10-8-6-4-2/h3-20H2,1-2H3. The maximum Gasteiger partial charge on any atom is -0.0242 e. The van der Waals surface area contributed by atoms with E-state index < -0.39 is 0 Å². The molecule has 0 saturated carbocycles. The van der Waals surface area contributed by atoms with Gasteiger partial charge in [0.25, 0.3) is 0 Å². The van der Waals surface area contributed by atoms with Crippen LogP contribution in [0.1, 0.15) is 117 Å². The van der Waals surface area contributed by atoms with E-state index >= 15 is 0 Å². The van der Waals surface area contributed by atoms with Crippen LogP contribution in [0.5, 0.6) is 0 Å². The third kappa shape index (κ3) is 20.9. The fourth-order valence-corrected chi connectivity index (χ4v) is 5.48. The highest BCUT2D eigenvalue weighted by atomic mass is 32.0. The summed E-state index contributed by atoms with van der Waals surface area (Å²) in [6.45, 7) is 4.60. The van der Waals surface area contributed by atoms with Gasteiger partial charge in [0.05, 0.1) is 0 Å². The van der Waals surface area contributed by atoms with Crippen molar-refractivity contribution in [2.45, 2.75) is 117 Å². The summed E-state index contributed by atoms with van der Waals surface area (Å²) in [6.07, 6.45) is 26.2. The van der Waals surface area contributed by atoms with Crippen LogP contribution in [-0.4, -0.2) is 12.3 Å². The summed E-state index contributed by atoms with van der Waals surface area (Å²) < 4.78 is 0. The molecule has 0 unspecified atom stereocenters. The molecule has 0 bridgehead atoms. The van der Waals surface area contributed by atoms with Crippen molar-refractivity contribution in [1.82, 2.24) is 0 Å². The Morgan fingerprint density at radius 3 is 0.955 bits per heavy atom. The summed E-state index contributed by atoms with van der Waals surface area (Å²) in [4.78, 5) is 0. The van der Waals surface area contributed by atoms with Gasteiger partial charge in [-0.3, -0.25) is 0 Å². The molecule has 2 heteroatoms. The van der Waals surface area contributed by atoms with E-state index in [1.807, 2.05) is 0 Å². The van der Waals surface area contributed by atoms with Crippen molar-refractivity contribution < 1.29 is 0 Å². The molecule has 132 valence electrons. The summed E-state index contributed by atoms with van der Waals surface area (Å²) in [7, 11) is 3.40. The maximum atomic E-state index is 2.30. The minimum Gasteiger partial charge on any atom is -0.0654 e. The Kier molecular flexibility index (Phi) is 22.7. The van der Waals surface area contributed by atoms with Gasteiger partial charge in [0.1, 0.15) is 0 Å². The zero-order valence-electron chi connectivity index (χ0n) is 15.6. The quantitative estimate of drug-likeness (QED) is 0.162. The Morgan fingerprint density at radius 1 is 0.364 bits per heavy atom. The highest BCUT2D eigenvalue weighted by Gasteiger charge is 1.95. The lowest BCUT2D eigenvalue weighted by molar-refractivity contribution is 0.586. The molecule has 0 aromatic rings. The molecule has 0 rings (SSSR count). The van der Waals surface area contributed by atoms with Crippen molar-refractivity contribution in [3.8, 4) is 0 Å². The minimum absolute atomic E-state index is 1.37. The van der Waals surface area contributed by atoms with Crippen LogP contribution in [0, 0.1) is 0 Å². The monoisotopic (exact) mass is 344 g/mol. The maximum absolute atomic E-state index is 2.30. The molecule has 0 spiro atoms. The number of hydrogen-bond donors (Lipinski definition) is 0. The lowest BCUT2D eigenvalue weighted by atomic mass is 10.1. The summed E-state index contributed by atoms with van der Waals surface area (Å²) in [5.74, 6) is 0. The molecule has 0 N–H and O–H groups in total. The minimum atomic E-state index is 1.37. The topological polar surface area (TPSA) is 0 Å². The van der Waals surface area contributed by atoms with Gasteiger partial charge in [-0.05, 0) is 41.7 Å². The molecule has 0 aliphatic carbocycles. The van der Waals surface area contributed by atoms with Crippen LogP contribution in [0.4, 0.5) is 0 Å². The lowest BCUT2D eigenvalue weighted by Crippen LogP contribution is -1.82. The second-order valence-corrected chi connectivity index (χ2v) is 9.84. The fraction of sp³-hybridized carbons (Fsp3) is 1.00. The van der Waals surface area contributed by atoms with Gasteiger partial charge in [0, 0.05) is 0 Å². The van der Waals surface area contributed by atoms with Crippen LogP contribution in [-0.2, 0) is 0 Å². The van der Waals surface area contributed by atoms with Crippen molar-refractivity contribution in [2.75, 3.05) is 12.3 Å². The Bertz CT molecular complexity index is 163. The van der Waals surface area contributed by atoms with Gasteiger partial charge in [-0.15, -0.1) is 0 Å². The van der Waals surface area contributed by atoms with E-state index in [4.69, 9.17) is 0 Å². The Labute approximate surface area is 145 Å². The molecule has 22 heavy (non-hydrogen) atoms. The Balaban J connectivity index is 2.91. The first kappa shape index (κ1) is 22.9. The molecule has 0 fully saturated rings. The van der Waals surface area contributed by atoms with E-state index in [0.29, 0.717) is 0 Å². The van der Waals surface area contributed by atoms with Gasteiger partial charge in [0.2, 0.25) is 0 Å². The van der Waals surface area contributed by atoms with Crippen LogP contribution in [0.25, 0.3) is 0 Å². The van der Waals surface area contributed by atoms with E-state index in [-0.39, 0.29) is 0 Å². The van der Waals surface area contributed by atoms with Crippen molar-refractivity contribution >= 4 is 16.5 Å². The van der Waals surface area contributed by atoms with Gasteiger partial charge in [-0.25, -0.2) is 0 Å². The fourth-order valence-electron chi connectivity index (χ4n) is 2.77. The van der Waals surface area contributed by atoms with Crippen LogP contribution < -0.4 is 0 Å². The molecule has 0 aromatic carbocycles. The van der Waals surface area contributed by atoms with Crippen LogP contribution in [0.3, 0.4) is 0 Å². The molecule has 2 radical (unpaired) electrons. The average Bonchev–Trinajstić information content (AvgIpc) is 2.54. The predicted molar refractivity (Wildman–Crippen MR) is 109 cm³/mol. The normalized spacial score (nSPS) is 12.3. The molecule has 0 aliphatic heterocycles. The Morgan fingerprint density at radius 2 is 0.636 bits per heavy atom. The van der Waals surface area contributed by atoms with E-state index in [1.165, 1.54) is 115 Å². The van der Waals surface area contributed by atoms with Crippen LogP contribution in [0.15, 0.2) is 0 Å². The third-order valence-corrected chi connectivity index (χ3v) is 7.36. The van der Waals surface area contributed by atoms with Gasteiger partial charge in [0.15, 0.2) is 0 Å². The third-order valence-electron chi connectivity index (χ3n) is 4.32. The van der Waals surface area contributed by atoms with E-state index in [0.717, 1.165) is 0 Å². The smallest absolute Gasteiger partial charge is 0.0242 e. The first-order valence-corrected chi connectivity index (χ1v) is 13.1. The van der Waals surface area contributed by atoms with Crippen molar-refractivity contribution in [2.24, 2.45) is 0 Å². The van der Waals surface area contributed by atoms with E-state index in [1.54, 1.807) is 16.5 Å². The van der Waals surface area contributed by atoms with Gasteiger partial charge in [-0.2, -0.15) is 0 Å². The highest BCUT2D eigenvalue weighted by Crippen LogP contribution is 2.38. The number of hydrogen-bond acceptors (Lipinski definition) is 0. The SMILES string of the molecule is CCCCCCCCCC[P][P]CCCCCCCCCC. The van der Waals surface area contributed by atoms with Crippen molar-refractivity contribution in [3.63, 3.8) is 0 Å². The first-order chi connectivity index (χ1) is 10.9. The molecule has 0 aromatic heterocycles. The molecular formula is C20H42P2. The summed E-state index contributed by atoms with van der Waals surface area (Å²) in [5.41, 5.74) is 0. The second kappa shape index (κ2) is 21.9. The zero-order chi connectivity index (χ0) is 16.1. The van der Waals surface area contributed by atoms with Gasteiger partial charge < -0.3 is 0 Å². The molecule has 0 saturated heterocycles. The van der Waals surface area contributed by atoms with E-state index in [2.05, 4.69) is 13.8 Å².